The van der Waals surface area contributed by atoms with Gasteiger partial charge in [0, 0.05) is 17.5 Å². The first-order valence-electron chi connectivity index (χ1n) is 7.21. The van der Waals surface area contributed by atoms with E-state index in [2.05, 4.69) is 6.92 Å². The standard InChI is InChI=1S/C16H24ClNO2/c1-11-9-12(17)14(19-2)15(20-3)13(11)16(10-18)7-5-4-6-8-16/h9H,4-8,10,18H2,1-3H3. The number of ether oxygens (including phenoxy) is 2. The molecule has 1 saturated carbocycles. The molecule has 1 aliphatic rings. The Bertz CT molecular complexity index is 482. The van der Waals surface area contributed by atoms with Crippen LogP contribution in [0.2, 0.25) is 5.02 Å². The minimum atomic E-state index is -0.00839. The molecule has 0 radical (unpaired) electrons. The van der Waals surface area contributed by atoms with Gasteiger partial charge in [0.2, 0.25) is 0 Å². The molecule has 112 valence electrons. The van der Waals surface area contributed by atoms with Crippen molar-refractivity contribution >= 4 is 11.6 Å². The van der Waals surface area contributed by atoms with E-state index in [9.17, 15) is 0 Å². The van der Waals surface area contributed by atoms with E-state index < -0.39 is 0 Å². The van der Waals surface area contributed by atoms with Crippen LogP contribution in [0.3, 0.4) is 0 Å². The quantitative estimate of drug-likeness (QED) is 0.918. The molecule has 1 aromatic carbocycles. The number of nitrogens with two attached hydrogens (primary N) is 1. The Morgan fingerprint density at radius 2 is 1.75 bits per heavy atom. The summed E-state index contributed by atoms with van der Waals surface area (Å²) in [4.78, 5) is 0. The summed E-state index contributed by atoms with van der Waals surface area (Å²) < 4.78 is 11.1. The third-order valence-corrected chi connectivity index (χ3v) is 4.81. The average Bonchev–Trinajstić information content (AvgIpc) is 2.47. The number of benzene rings is 1. The maximum Gasteiger partial charge on any atom is 0.179 e. The van der Waals surface area contributed by atoms with E-state index in [-0.39, 0.29) is 5.41 Å². The van der Waals surface area contributed by atoms with Crippen LogP contribution >= 0.6 is 11.6 Å². The largest absolute Gasteiger partial charge is 0.492 e. The summed E-state index contributed by atoms with van der Waals surface area (Å²) in [7, 11) is 3.29. The maximum absolute atomic E-state index is 6.28. The van der Waals surface area contributed by atoms with Gasteiger partial charge in [-0.25, -0.2) is 0 Å². The summed E-state index contributed by atoms with van der Waals surface area (Å²) in [5.74, 6) is 1.37. The molecule has 1 aromatic rings. The molecule has 0 atom stereocenters. The van der Waals surface area contributed by atoms with E-state index in [4.69, 9.17) is 26.8 Å². The molecular weight excluding hydrogens is 274 g/mol. The number of hydrogen-bond acceptors (Lipinski definition) is 3. The lowest BCUT2D eigenvalue weighted by atomic mass is 9.68. The fraction of sp³-hybridized carbons (Fsp3) is 0.625. The highest BCUT2D eigenvalue weighted by Gasteiger charge is 2.37. The molecule has 0 bridgehead atoms. The van der Waals surface area contributed by atoms with Gasteiger partial charge in [0.1, 0.15) is 0 Å². The van der Waals surface area contributed by atoms with E-state index in [0.29, 0.717) is 17.3 Å². The van der Waals surface area contributed by atoms with E-state index in [1.165, 1.54) is 24.8 Å². The second kappa shape index (κ2) is 6.23. The zero-order chi connectivity index (χ0) is 14.8. The fourth-order valence-corrected chi connectivity index (χ4v) is 3.88. The van der Waals surface area contributed by atoms with Gasteiger partial charge in [-0.05, 0) is 31.4 Å². The van der Waals surface area contributed by atoms with Gasteiger partial charge in [0.05, 0.1) is 19.2 Å². The Morgan fingerprint density at radius 3 is 2.25 bits per heavy atom. The first-order chi connectivity index (χ1) is 9.59. The van der Waals surface area contributed by atoms with Gasteiger partial charge in [-0.2, -0.15) is 0 Å². The molecule has 2 N–H and O–H groups in total. The van der Waals surface area contributed by atoms with Crippen molar-refractivity contribution < 1.29 is 9.47 Å². The van der Waals surface area contributed by atoms with Crippen molar-refractivity contribution in [1.29, 1.82) is 0 Å². The molecule has 0 unspecified atom stereocenters. The van der Waals surface area contributed by atoms with E-state index >= 15 is 0 Å². The Labute approximate surface area is 126 Å². The first kappa shape index (κ1) is 15.5. The lowest BCUT2D eigenvalue weighted by molar-refractivity contribution is 0.280. The molecule has 0 spiro atoms. The SMILES string of the molecule is COc1c(Cl)cc(C)c(C2(CN)CCCCC2)c1OC. The van der Waals surface area contributed by atoms with Crippen molar-refractivity contribution in [1.82, 2.24) is 0 Å². The molecule has 3 nitrogen and oxygen atoms in total. The second-order valence-corrected chi connectivity index (χ2v) is 6.07. The minimum Gasteiger partial charge on any atom is -0.492 e. The van der Waals surface area contributed by atoms with Gasteiger partial charge in [-0.3, -0.25) is 0 Å². The number of methoxy groups -OCH3 is 2. The van der Waals surface area contributed by atoms with Gasteiger partial charge in [0.25, 0.3) is 0 Å². The molecule has 0 heterocycles. The highest BCUT2D eigenvalue weighted by molar-refractivity contribution is 6.32. The molecule has 20 heavy (non-hydrogen) atoms. The van der Waals surface area contributed by atoms with Gasteiger partial charge >= 0.3 is 0 Å². The zero-order valence-corrected chi connectivity index (χ0v) is 13.3. The van der Waals surface area contributed by atoms with Crippen LogP contribution in [0.25, 0.3) is 0 Å². The maximum atomic E-state index is 6.28. The first-order valence-corrected chi connectivity index (χ1v) is 7.59. The summed E-state index contributed by atoms with van der Waals surface area (Å²) in [6.07, 6.45) is 5.92. The van der Waals surface area contributed by atoms with Crippen molar-refractivity contribution in [2.75, 3.05) is 20.8 Å². The lowest BCUT2D eigenvalue weighted by Crippen LogP contribution is -2.38. The highest BCUT2D eigenvalue weighted by Crippen LogP contribution is 2.49. The molecule has 2 rings (SSSR count). The number of hydrogen-bond donors (Lipinski definition) is 1. The zero-order valence-electron chi connectivity index (χ0n) is 12.6. The average molecular weight is 298 g/mol. The van der Waals surface area contributed by atoms with E-state index in [0.717, 1.165) is 24.2 Å². The highest BCUT2D eigenvalue weighted by atomic mass is 35.5. The predicted molar refractivity (Wildman–Crippen MR) is 83.1 cm³/mol. The Hall–Kier alpha value is -0.930. The third kappa shape index (κ3) is 2.49. The Morgan fingerprint density at radius 1 is 1.15 bits per heavy atom. The third-order valence-electron chi connectivity index (χ3n) is 4.53. The predicted octanol–water partition coefficient (Wildman–Crippen LogP) is 3.83. The normalized spacial score (nSPS) is 17.9. The van der Waals surface area contributed by atoms with E-state index in [1.807, 2.05) is 6.07 Å². The Kier molecular flexibility index (Phi) is 4.82. The monoisotopic (exact) mass is 297 g/mol. The summed E-state index contributed by atoms with van der Waals surface area (Å²) in [5, 5.41) is 0.591. The summed E-state index contributed by atoms with van der Waals surface area (Å²) in [5.41, 5.74) is 8.48. The molecular formula is C16H24ClNO2. The number of rotatable bonds is 4. The van der Waals surface area contributed by atoms with Crippen LogP contribution in [-0.2, 0) is 5.41 Å². The lowest BCUT2D eigenvalue weighted by Gasteiger charge is -2.39. The topological polar surface area (TPSA) is 44.5 Å². The van der Waals surface area contributed by atoms with Crippen LogP contribution in [0, 0.1) is 6.92 Å². The summed E-state index contributed by atoms with van der Waals surface area (Å²) in [6, 6.07) is 1.96. The molecule has 1 fully saturated rings. The van der Waals surface area contributed by atoms with Crippen LogP contribution in [0.1, 0.15) is 43.2 Å². The van der Waals surface area contributed by atoms with Crippen molar-refractivity contribution in [3.05, 3.63) is 22.2 Å². The van der Waals surface area contributed by atoms with Crippen molar-refractivity contribution in [3.63, 3.8) is 0 Å². The number of aryl methyl sites for hydroxylation is 1. The van der Waals surface area contributed by atoms with Gasteiger partial charge in [-0.15, -0.1) is 0 Å². The van der Waals surface area contributed by atoms with Crippen molar-refractivity contribution in [2.24, 2.45) is 5.73 Å². The van der Waals surface area contributed by atoms with Crippen LogP contribution in [0.15, 0.2) is 6.07 Å². The summed E-state index contributed by atoms with van der Waals surface area (Å²) >= 11 is 6.28. The number of halogens is 1. The smallest absolute Gasteiger partial charge is 0.179 e. The second-order valence-electron chi connectivity index (χ2n) is 5.66. The fourth-order valence-electron chi connectivity index (χ4n) is 3.56. The van der Waals surface area contributed by atoms with Gasteiger partial charge < -0.3 is 15.2 Å². The minimum absolute atomic E-state index is 0.00839. The summed E-state index contributed by atoms with van der Waals surface area (Å²) in [6.45, 7) is 2.71. The van der Waals surface area contributed by atoms with Crippen LogP contribution < -0.4 is 15.2 Å². The molecule has 0 saturated heterocycles. The molecule has 0 aromatic heterocycles. The molecule has 0 aliphatic heterocycles. The molecule has 0 amide bonds. The molecule has 4 heteroatoms. The Balaban J connectivity index is 2.65. The van der Waals surface area contributed by atoms with Gasteiger partial charge in [0.15, 0.2) is 11.5 Å². The van der Waals surface area contributed by atoms with Crippen molar-refractivity contribution in [2.45, 2.75) is 44.4 Å². The van der Waals surface area contributed by atoms with Crippen LogP contribution in [-0.4, -0.2) is 20.8 Å². The molecule has 1 aliphatic carbocycles. The van der Waals surface area contributed by atoms with E-state index in [1.54, 1.807) is 14.2 Å². The van der Waals surface area contributed by atoms with Crippen molar-refractivity contribution in [3.8, 4) is 11.5 Å². The van der Waals surface area contributed by atoms with Crippen LogP contribution in [0.4, 0.5) is 0 Å². The van der Waals surface area contributed by atoms with Crippen LogP contribution in [0.5, 0.6) is 11.5 Å². The van der Waals surface area contributed by atoms with Gasteiger partial charge in [-0.1, -0.05) is 30.9 Å².